The van der Waals surface area contributed by atoms with Crippen molar-refractivity contribution in [1.29, 1.82) is 0 Å². The molecule has 23 heavy (non-hydrogen) atoms. The van der Waals surface area contributed by atoms with Crippen LogP contribution in [0.25, 0.3) is 16.9 Å². The molecule has 3 rings (SSSR count). The molecule has 0 amide bonds. The van der Waals surface area contributed by atoms with Crippen molar-refractivity contribution in [2.24, 2.45) is 0 Å². The molecule has 4 nitrogen and oxygen atoms in total. The standard InChI is InChI=1S/C19H18N2O2/c1-13(2)14-6-8-15(9-7-14)18-11-21(12-20-18)17-5-3-4-16(10-17)19(22)23/h3-13H,1-2H3,(H,22,23). The van der Waals surface area contributed by atoms with Gasteiger partial charge in [-0.3, -0.25) is 0 Å². The van der Waals surface area contributed by atoms with Gasteiger partial charge in [0.15, 0.2) is 0 Å². The van der Waals surface area contributed by atoms with Gasteiger partial charge in [0, 0.05) is 17.4 Å². The summed E-state index contributed by atoms with van der Waals surface area (Å²) in [7, 11) is 0. The predicted octanol–water partition coefficient (Wildman–Crippen LogP) is 4.36. The molecular formula is C19H18N2O2. The van der Waals surface area contributed by atoms with E-state index in [1.54, 1.807) is 24.5 Å². The lowest BCUT2D eigenvalue weighted by Gasteiger charge is -2.05. The van der Waals surface area contributed by atoms with Crippen LogP contribution in [0.1, 0.15) is 35.7 Å². The monoisotopic (exact) mass is 306 g/mol. The Hall–Kier alpha value is -2.88. The minimum Gasteiger partial charge on any atom is -0.478 e. The number of nitrogens with zero attached hydrogens (tertiary/aromatic N) is 2. The summed E-state index contributed by atoms with van der Waals surface area (Å²) in [6.45, 7) is 4.33. The number of carboxylic acids is 1. The normalized spacial score (nSPS) is 10.9. The van der Waals surface area contributed by atoms with Gasteiger partial charge in [-0.2, -0.15) is 0 Å². The Bertz CT molecular complexity index is 833. The molecule has 3 aromatic rings. The van der Waals surface area contributed by atoms with Crippen LogP contribution in [-0.4, -0.2) is 20.6 Å². The van der Waals surface area contributed by atoms with Crippen LogP contribution in [0.2, 0.25) is 0 Å². The van der Waals surface area contributed by atoms with Crippen LogP contribution in [0.5, 0.6) is 0 Å². The fourth-order valence-corrected chi connectivity index (χ4v) is 2.45. The summed E-state index contributed by atoms with van der Waals surface area (Å²) in [5.41, 5.74) is 4.24. The van der Waals surface area contributed by atoms with E-state index in [4.69, 9.17) is 5.11 Å². The minimum atomic E-state index is -0.934. The van der Waals surface area contributed by atoms with Crippen LogP contribution < -0.4 is 0 Å². The van der Waals surface area contributed by atoms with Gasteiger partial charge in [-0.25, -0.2) is 9.78 Å². The molecule has 0 aliphatic rings. The zero-order valence-corrected chi connectivity index (χ0v) is 13.1. The second-order valence-corrected chi connectivity index (χ2v) is 5.80. The first-order chi connectivity index (χ1) is 11.0. The Labute approximate surface area is 135 Å². The number of hydrogen-bond acceptors (Lipinski definition) is 2. The first-order valence-corrected chi connectivity index (χ1v) is 7.52. The molecular weight excluding hydrogens is 288 g/mol. The molecule has 1 aromatic heterocycles. The van der Waals surface area contributed by atoms with Crippen molar-refractivity contribution < 1.29 is 9.90 Å². The summed E-state index contributed by atoms with van der Waals surface area (Å²) in [5, 5.41) is 9.09. The molecule has 1 heterocycles. The van der Waals surface area contributed by atoms with Crippen LogP contribution in [0, 0.1) is 0 Å². The number of imidazole rings is 1. The van der Waals surface area contributed by atoms with Gasteiger partial charge in [0.25, 0.3) is 0 Å². The fourth-order valence-electron chi connectivity index (χ4n) is 2.45. The van der Waals surface area contributed by atoms with E-state index >= 15 is 0 Å². The third-order valence-electron chi connectivity index (χ3n) is 3.85. The quantitative estimate of drug-likeness (QED) is 0.779. The molecule has 0 aliphatic heterocycles. The van der Waals surface area contributed by atoms with Crippen LogP contribution in [0.4, 0.5) is 0 Å². The first-order valence-electron chi connectivity index (χ1n) is 7.52. The Kier molecular flexibility index (Phi) is 3.98. The number of hydrogen-bond donors (Lipinski definition) is 1. The van der Waals surface area contributed by atoms with Gasteiger partial charge in [-0.05, 0) is 29.7 Å². The Morgan fingerprint density at radius 3 is 2.52 bits per heavy atom. The van der Waals surface area contributed by atoms with Gasteiger partial charge < -0.3 is 9.67 Å². The molecule has 4 heteroatoms. The highest BCUT2D eigenvalue weighted by molar-refractivity contribution is 5.88. The summed E-state index contributed by atoms with van der Waals surface area (Å²) in [5.74, 6) is -0.433. The number of carbonyl (C=O) groups is 1. The molecule has 0 saturated carbocycles. The summed E-state index contributed by atoms with van der Waals surface area (Å²) in [4.78, 5) is 15.5. The van der Waals surface area contributed by atoms with Crippen molar-refractivity contribution in [3.63, 3.8) is 0 Å². The van der Waals surface area contributed by atoms with E-state index in [9.17, 15) is 4.79 Å². The van der Waals surface area contributed by atoms with Crippen molar-refractivity contribution in [1.82, 2.24) is 9.55 Å². The Morgan fingerprint density at radius 2 is 1.87 bits per heavy atom. The van der Waals surface area contributed by atoms with E-state index in [2.05, 4.69) is 43.1 Å². The number of benzene rings is 2. The maximum atomic E-state index is 11.1. The lowest BCUT2D eigenvalue weighted by molar-refractivity contribution is 0.0697. The van der Waals surface area contributed by atoms with E-state index in [1.165, 1.54) is 5.56 Å². The number of aromatic nitrogens is 2. The zero-order valence-electron chi connectivity index (χ0n) is 13.1. The third kappa shape index (κ3) is 3.16. The molecule has 2 aromatic carbocycles. The summed E-state index contributed by atoms with van der Waals surface area (Å²) in [6, 6.07) is 15.2. The SMILES string of the molecule is CC(C)c1ccc(-c2cn(-c3cccc(C(=O)O)c3)cn2)cc1. The van der Waals surface area contributed by atoms with Crippen molar-refractivity contribution in [3.05, 3.63) is 72.2 Å². The average Bonchev–Trinajstić information content (AvgIpc) is 3.05. The highest BCUT2D eigenvalue weighted by Gasteiger charge is 2.07. The molecule has 0 saturated heterocycles. The number of aromatic carboxylic acids is 1. The molecule has 0 radical (unpaired) electrons. The second kappa shape index (κ2) is 6.08. The van der Waals surface area contributed by atoms with E-state index < -0.39 is 5.97 Å². The highest BCUT2D eigenvalue weighted by atomic mass is 16.4. The van der Waals surface area contributed by atoms with Gasteiger partial charge in [0.05, 0.1) is 17.6 Å². The van der Waals surface area contributed by atoms with Crippen LogP contribution >= 0.6 is 0 Å². The van der Waals surface area contributed by atoms with E-state index in [1.807, 2.05) is 16.8 Å². The first kappa shape index (κ1) is 15.0. The van der Waals surface area contributed by atoms with Crippen LogP contribution in [-0.2, 0) is 0 Å². The predicted molar refractivity (Wildman–Crippen MR) is 90.0 cm³/mol. The minimum absolute atomic E-state index is 0.263. The molecule has 0 aliphatic carbocycles. The van der Waals surface area contributed by atoms with E-state index in [0.717, 1.165) is 16.9 Å². The third-order valence-corrected chi connectivity index (χ3v) is 3.85. The maximum absolute atomic E-state index is 11.1. The molecule has 0 unspecified atom stereocenters. The Balaban J connectivity index is 1.91. The van der Waals surface area contributed by atoms with Gasteiger partial charge in [-0.1, -0.05) is 44.2 Å². The molecule has 0 atom stereocenters. The molecule has 0 bridgehead atoms. The molecule has 0 spiro atoms. The molecule has 1 N–H and O–H groups in total. The van der Waals surface area contributed by atoms with Crippen molar-refractivity contribution in [3.8, 4) is 16.9 Å². The lowest BCUT2D eigenvalue weighted by atomic mass is 10.0. The van der Waals surface area contributed by atoms with Crippen LogP contribution in [0.3, 0.4) is 0 Å². The summed E-state index contributed by atoms with van der Waals surface area (Å²) >= 11 is 0. The summed E-state index contributed by atoms with van der Waals surface area (Å²) in [6.07, 6.45) is 3.61. The van der Waals surface area contributed by atoms with Gasteiger partial charge >= 0.3 is 5.97 Å². The zero-order chi connectivity index (χ0) is 16.4. The summed E-state index contributed by atoms with van der Waals surface area (Å²) < 4.78 is 1.83. The maximum Gasteiger partial charge on any atom is 0.335 e. The van der Waals surface area contributed by atoms with Gasteiger partial charge in [0.1, 0.15) is 0 Å². The van der Waals surface area contributed by atoms with E-state index in [-0.39, 0.29) is 5.56 Å². The van der Waals surface area contributed by atoms with E-state index in [0.29, 0.717) is 5.92 Å². The highest BCUT2D eigenvalue weighted by Crippen LogP contribution is 2.22. The second-order valence-electron chi connectivity index (χ2n) is 5.80. The van der Waals surface area contributed by atoms with Crippen molar-refractivity contribution in [2.75, 3.05) is 0 Å². The van der Waals surface area contributed by atoms with Crippen molar-refractivity contribution >= 4 is 5.97 Å². The number of carboxylic acid groups (broad SMARTS) is 1. The lowest BCUT2D eigenvalue weighted by Crippen LogP contribution is -1.98. The fraction of sp³-hybridized carbons (Fsp3) is 0.158. The Morgan fingerprint density at radius 1 is 1.13 bits per heavy atom. The van der Waals surface area contributed by atoms with Crippen molar-refractivity contribution in [2.45, 2.75) is 19.8 Å². The molecule has 116 valence electrons. The largest absolute Gasteiger partial charge is 0.478 e. The van der Waals surface area contributed by atoms with Gasteiger partial charge in [0.2, 0.25) is 0 Å². The molecule has 0 fully saturated rings. The topological polar surface area (TPSA) is 55.1 Å². The van der Waals surface area contributed by atoms with Crippen LogP contribution in [0.15, 0.2) is 61.1 Å². The average molecular weight is 306 g/mol. The van der Waals surface area contributed by atoms with Gasteiger partial charge in [-0.15, -0.1) is 0 Å². The smallest absolute Gasteiger partial charge is 0.335 e. The number of rotatable bonds is 4.